The van der Waals surface area contributed by atoms with Crippen LogP contribution in [-0.2, 0) is 15.1 Å². The van der Waals surface area contributed by atoms with Crippen molar-refractivity contribution in [3.8, 4) is 0 Å². The van der Waals surface area contributed by atoms with E-state index in [4.69, 9.17) is 0 Å². The van der Waals surface area contributed by atoms with Crippen molar-refractivity contribution in [1.82, 2.24) is 0 Å². The SMILES string of the molecule is COC(=O)C(Nc1ccc(C(O)(C(F)(F)F)C(F)(F)F)cc1)c1ccccc1.Cl. The normalized spacial score (nSPS) is 13.2. The molecule has 0 heterocycles. The third-order valence-corrected chi connectivity index (χ3v) is 4.00. The number of nitrogens with one attached hydrogen (secondary N) is 1. The topological polar surface area (TPSA) is 58.6 Å². The molecular weight excluding hydrogens is 428 g/mol. The average Bonchev–Trinajstić information content (AvgIpc) is 2.64. The third kappa shape index (κ3) is 4.94. The number of aliphatic hydroxyl groups is 1. The van der Waals surface area contributed by atoms with Crippen LogP contribution in [-0.4, -0.2) is 30.5 Å². The number of anilines is 1. The Labute approximate surface area is 167 Å². The van der Waals surface area contributed by atoms with Gasteiger partial charge in [-0.25, -0.2) is 4.79 Å². The molecule has 2 N–H and O–H groups in total. The molecule has 0 aliphatic heterocycles. The van der Waals surface area contributed by atoms with Gasteiger partial charge in [-0.1, -0.05) is 42.5 Å². The molecule has 0 saturated carbocycles. The van der Waals surface area contributed by atoms with Gasteiger partial charge in [0.25, 0.3) is 5.60 Å². The molecule has 0 aromatic heterocycles. The summed E-state index contributed by atoms with van der Waals surface area (Å²) < 4.78 is 82.2. The standard InChI is InChI=1S/C18H15F6NO3.ClH/c1-28-15(26)14(11-5-3-2-4-6-11)25-13-9-7-12(8-10-13)16(27,17(19,20)21)18(22,23)24;/h2-10,14,25,27H,1H3;1H. The van der Waals surface area contributed by atoms with Crippen molar-refractivity contribution in [3.05, 3.63) is 65.7 Å². The lowest BCUT2D eigenvalue weighted by atomic mass is 9.92. The molecule has 2 aromatic rings. The van der Waals surface area contributed by atoms with Crippen LogP contribution in [0.4, 0.5) is 32.0 Å². The van der Waals surface area contributed by atoms with Crippen LogP contribution in [0, 0.1) is 0 Å². The van der Waals surface area contributed by atoms with E-state index in [9.17, 15) is 36.2 Å². The number of methoxy groups -OCH3 is 1. The highest BCUT2D eigenvalue weighted by molar-refractivity contribution is 5.85. The van der Waals surface area contributed by atoms with Gasteiger partial charge < -0.3 is 15.2 Å². The maximum absolute atomic E-state index is 12.9. The zero-order valence-corrected chi connectivity index (χ0v) is 15.5. The average molecular weight is 444 g/mol. The van der Waals surface area contributed by atoms with Crippen LogP contribution in [0.25, 0.3) is 0 Å². The molecule has 0 aliphatic rings. The zero-order valence-electron chi connectivity index (χ0n) is 14.7. The largest absolute Gasteiger partial charge is 0.467 e. The fraction of sp³-hybridized carbons (Fsp3) is 0.278. The van der Waals surface area contributed by atoms with E-state index in [1.165, 1.54) is 0 Å². The number of carbonyl (C=O) groups excluding carboxylic acids is 1. The second-order valence-corrected chi connectivity index (χ2v) is 5.79. The summed E-state index contributed by atoms with van der Waals surface area (Å²) in [5, 5.41) is 12.1. The molecule has 0 bridgehead atoms. The summed E-state index contributed by atoms with van der Waals surface area (Å²) in [6.07, 6.45) is -11.9. The lowest BCUT2D eigenvalue weighted by Gasteiger charge is -2.32. The molecule has 1 unspecified atom stereocenters. The van der Waals surface area contributed by atoms with Crippen molar-refractivity contribution in [2.24, 2.45) is 0 Å². The highest BCUT2D eigenvalue weighted by Gasteiger charge is 2.71. The molecule has 29 heavy (non-hydrogen) atoms. The monoisotopic (exact) mass is 443 g/mol. The fourth-order valence-corrected chi connectivity index (χ4v) is 2.50. The summed E-state index contributed by atoms with van der Waals surface area (Å²) in [5.74, 6) is -0.711. The number of rotatable bonds is 5. The van der Waals surface area contributed by atoms with Crippen molar-refractivity contribution in [1.29, 1.82) is 0 Å². The molecule has 4 nitrogen and oxygen atoms in total. The second kappa shape index (κ2) is 8.91. The number of halogens is 7. The van der Waals surface area contributed by atoms with Gasteiger partial charge in [0.15, 0.2) is 6.04 Å². The first kappa shape index (κ1) is 24.6. The molecule has 11 heteroatoms. The minimum Gasteiger partial charge on any atom is -0.467 e. The minimum absolute atomic E-state index is 0. The Hall–Kier alpha value is -2.46. The van der Waals surface area contributed by atoms with Gasteiger partial charge in [0.05, 0.1) is 7.11 Å². The van der Waals surface area contributed by atoms with E-state index >= 15 is 0 Å². The molecule has 0 spiro atoms. The van der Waals surface area contributed by atoms with Gasteiger partial charge in [-0.05, 0) is 17.7 Å². The van der Waals surface area contributed by atoms with Gasteiger partial charge in [0.1, 0.15) is 0 Å². The predicted molar refractivity (Wildman–Crippen MR) is 94.5 cm³/mol. The molecule has 2 rings (SSSR count). The number of hydrogen-bond acceptors (Lipinski definition) is 4. The Morgan fingerprint density at radius 2 is 1.41 bits per heavy atom. The Morgan fingerprint density at radius 3 is 1.83 bits per heavy atom. The van der Waals surface area contributed by atoms with Crippen molar-refractivity contribution in [3.63, 3.8) is 0 Å². The highest BCUT2D eigenvalue weighted by Crippen LogP contribution is 2.50. The first-order valence-electron chi connectivity index (χ1n) is 7.77. The van der Waals surface area contributed by atoms with Crippen molar-refractivity contribution in [2.45, 2.75) is 24.0 Å². The van der Waals surface area contributed by atoms with Crippen LogP contribution in [0.2, 0.25) is 0 Å². The Balaban J connectivity index is 0.00000420. The molecular formula is C18H16ClF6NO3. The molecule has 0 aliphatic carbocycles. The number of esters is 1. The van der Waals surface area contributed by atoms with E-state index in [2.05, 4.69) is 10.1 Å². The maximum atomic E-state index is 12.9. The van der Waals surface area contributed by atoms with E-state index in [0.29, 0.717) is 17.7 Å². The van der Waals surface area contributed by atoms with Gasteiger partial charge in [-0.15, -0.1) is 12.4 Å². The maximum Gasteiger partial charge on any atom is 0.430 e. The second-order valence-electron chi connectivity index (χ2n) is 5.79. The first-order valence-corrected chi connectivity index (χ1v) is 7.77. The Kier molecular flexibility index (Phi) is 7.55. The van der Waals surface area contributed by atoms with Gasteiger partial charge in [-0.2, -0.15) is 26.3 Å². The van der Waals surface area contributed by atoms with E-state index in [1.807, 2.05) is 0 Å². The first-order chi connectivity index (χ1) is 12.9. The Morgan fingerprint density at radius 1 is 0.931 bits per heavy atom. The minimum atomic E-state index is -5.97. The van der Waals surface area contributed by atoms with E-state index in [-0.39, 0.29) is 18.1 Å². The van der Waals surface area contributed by atoms with Crippen molar-refractivity contribution < 1.29 is 41.0 Å². The van der Waals surface area contributed by atoms with Crippen LogP contribution < -0.4 is 5.32 Å². The molecule has 0 saturated heterocycles. The lowest BCUT2D eigenvalue weighted by Crippen LogP contribution is -2.53. The van der Waals surface area contributed by atoms with Crippen LogP contribution in [0.1, 0.15) is 17.2 Å². The number of carbonyl (C=O) groups is 1. The van der Waals surface area contributed by atoms with Gasteiger partial charge in [0.2, 0.25) is 0 Å². The summed E-state index contributed by atoms with van der Waals surface area (Å²) in [5.41, 5.74) is -5.89. The van der Waals surface area contributed by atoms with Crippen molar-refractivity contribution in [2.75, 3.05) is 12.4 Å². The van der Waals surface area contributed by atoms with Crippen LogP contribution in [0.5, 0.6) is 0 Å². The predicted octanol–water partition coefficient (Wildman–Crippen LogP) is 4.75. The summed E-state index contributed by atoms with van der Waals surface area (Å²) in [6.45, 7) is 0. The number of hydrogen-bond donors (Lipinski definition) is 2. The van der Waals surface area contributed by atoms with Crippen molar-refractivity contribution >= 4 is 24.1 Å². The number of ether oxygens (including phenoxy) is 1. The summed E-state index contributed by atoms with van der Waals surface area (Å²) in [7, 11) is 1.13. The van der Waals surface area contributed by atoms with Crippen LogP contribution in [0.3, 0.4) is 0 Å². The van der Waals surface area contributed by atoms with Gasteiger partial charge in [-0.3, -0.25) is 0 Å². The molecule has 1 atom stereocenters. The molecule has 160 valence electrons. The number of alkyl halides is 6. The molecule has 0 fully saturated rings. The molecule has 0 radical (unpaired) electrons. The molecule has 2 aromatic carbocycles. The number of benzene rings is 2. The summed E-state index contributed by atoms with van der Waals surface area (Å²) in [4.78, 5) is 12.0. The van der Waals surface area contributed by atoms with Crippen LogP contribution >= 0.6 is 12.4 Å². The zero-order chi connectivity index (χ0) is 21.2. The van der Waals surface area contributed by atoms with Crippen LogP contribution in [0.15, 0.2) is 54.6 Å². The quantitative estimate of drug-likeness (QED) is 0.517. The van der Waals surface area contributed by atoms with Gasteiger partial charge >= 0.3 is 18.3 Å². The van der Waals surface area contributed by atoms with Gasteiger partial charge in [0, 0.05) is 11.3 Å². The summed E-state index contributed by atoms with van der Waals surface area (Å²) in [6, 6.07) is 9.90. The smallest absolute Gasteiger partial charge is 0.430 e. The Bertz CT molecular complexity index is 795. The summed E-state index contributed by atoms with van der Waals surface area (Å²) >= 11 is 0. The molecule has 0 amide bonds. The third-order valence-electron chi connectivity index (χ3n) is 4.00. The lowest BCUT2D eigenvalue weighted by molar-refractivity contribution is -0.376. The van der Waals surface area contributed by atoms with E-state index < -0.39 is 35.5 Å². The highest BCUT2D eigenvalue weighted by atomic mass is 35.5. The fourth-order valence-electron chi connectivity index (χ4n) is 2.50. The van der Waals surface area contributed by atoms with E-state index in [0.717, 1.165) is 19.2 Å². The van der Waals surface area contributed by atoms with E-state index in [1.54, 1.807) is 30.3 Å².